The molecule has 0 aliphatic carbocycles. The summed E-state index contributed by atoms with van der Waals surface area (Å²) in [5, 5.41) is 3.28. The summed E-state index contributed by atoms with van der Waals surface area (Å²) in [6.07, 6.45) is 1.73. The van der Waals surface area contributed by atoms with Gasteiger partial charge < -0.3 is 15.0 Å². The van der Waals surface area contributed by atoms with E-state index in [0.29, 0.717) is 5.88 Å². The zero-order chi connectivity index (χ0) is 9.80. The van der Waals surface area contributed by atoms with Crippen LogP contribution < -0.4 is 15.0 Å². The Labute approximate surface area is 83.1 Å². The molecule has 0 unspecified atom stereocenters. The maximum Gasteiger partial charge on any atom is 0.228 e. The van der Waals surface area contributed by atoms with E-state index in [0.717, 1.165) is 32.1 Å². The number of anilines is 1. The molecule has 0 saturated carbocycles. The van der Waals surface area contributed by atoms with Gasteiger partial charge in [0.25, 0.3) is 0 Å². The highest BCUT2D eigenvalue weighted by Crippen LogP contribution is 2.12. The molecule has 0 atom stereocenters. The van der Waals surface area contributed by atoms with Crippen molar-refractivity contribution in [2.45, 2.75) is 0 Å². The van der Waals surface area contributed by atoms with E-state index in [4.69, 9.17) is 4.74 Å². The number of hydrogen-bond acceptors (Lipinski definition) is 5. The van der Waals surface area contributed by atoms with Crippen LogP contribution in [-0.4, -0.2) is 43.3 Å². The molecule has 1 aliphatic heterocycles. The lowest BCUT2D eigenvalue weighted by molar-refractivity contribution is 0.396. The Bertz CT molecular complexity index is 299. The van der Waals surface area contributed by atoms with E-state index in [1.165, 1.54) is 0 Å². The van der Waals surface area contributed by atoms with Crippen molar-refractivity contribution >= 4 is 5.95 Å². The molecular weight excluding hydrogens is 180 g/mol. The van der Waals surface area contributed by atoms with Gasteiger partial charge in [-0.15, -0.1) is 0 Å². The number of rotatable bonds is 2. The van der Waals surface area contributed by atoms with Crippen LogP contribution in [0.15, 0.2) is 12.3 Å². The van der Waals surface area contributed by atoms with Crippen LogP contribution in [0.5, 0.6) is 5.88 Å². The largest absolute Gasteiger partial charge is 0.481 e. The summed E-state index contributed by atoms with van der Waals surface area (Å²) in [7, 11) is 1.61. The van der Waals surface area contributed by atoms with Crippen LogP contribution in [0.3, 0.4) is 0 Å². The number of hydrogen-bond donors (Lipinski definition) is 1. The number of nitrogens with one attached hydrogen (secondary N) is 1. The SMILES string of the molecule is COc1ccnc(N2CCNCC2)n1. The Kier molecular flexibility index (Phi) is 2.78. The minimum absolute atomic E-state index is 0.619. The fraction of sp³-hybridized carbons (Fsp3) is 0.556. The number of ether oxygens (including phenoxy) is 1. The molecule has 5 heteroatoms. The molecule has 1 fully saturated rings. The van der Waals surface area contributed by atoms with Crippen LogP contribution >= 0.6 is 0 Å². The van der Waals surface area contributed by atoms with E-state index in [1.54, 1.807) is 19.4 Å². The van der Waals surface area contributed by atoms with Gasteiger partial charge >= 0.3 is 0 Å². The van der Waals surface area contributed by atoms with Gasteiger partial charge in [-0.2, -0.15) is 4.98 Å². The van der Waals surface area contributed by atoms with E-state index >= 15 is 0 Å². The molecule has 76 valence electrons. The van der Waals surface area contributed by atoms with Crippen LogP contribution in [-0.2, 0) is 0 Å². The summed E-state index contributed by atoms with van der Waals surface area (Å²) < 4.78 is 5.05. The second kappa shape index (κ2) is 4.23. The van der Waals surface area contributed by atoms with Gasteiger partial charge in [0.1, 0.15) is 0 Å². The molecule has 0 bridgehead atoms. The minimum Gasteiger partial charge on any atom is -0.481 e. The summed E-state index contributed by atoms with van der Waals surface area (Å²) in [4.78, 5) is 10.6. The first-order valence-electron chi connectivity index (χ1n) is 4.73. The zero-order valence-corrected chi connectivity index (χ0v) is 8.23. The van der Waals surface area contributed by atoms with Crippen molar-refractivity contribution < 1.29 is 4.74 Å². The number of aromatic nitrogens is 2. The summed E-state index contributed by atoms with van der Waals surface area (Å²) in [6.45, 7) is 3.88. The van der Waals surface area contributed by atoms with Gasteiger partial charge in [0.2, 0.25) is 11.8 Å². The zero-order valence-electron chi connectivity index (χ0n) is 8.23. The Morgan fingerprint density at radius 3 is 2.93 bits per heavy atom. The average Bonchev–Trinajstić information content (AvgIpc) is 2.30. The highest BCUT2D eigenvalue weighted by atomic mass is 16.5. The van der Waals surface area contributed by atoms with Crippen molar-refractivity contribution in [3.63, 3.8) is 0 Å². The van der Waals surface area contributed by atoms with E-state index in [1.807, 2.05) is 0 Å². The first kappa shape index (κ1) is 9.21. The third-order valence-electron chi connectivity index (χ3n) is 2.23. The van der Waals surface area contributed by atoms with E-state index < -0.39 is 0 Å². The van der Waals surface area contributed by atoms with E-state index in [9.17, 15) is 0 Å². The predicted molar refractivity (Wildman–Crippen MR) is 53.7 cm³/mol. The van der Waals surface area contributed by atoms with Gasteiger partial charge in [0.15, 0.2) is 0 Å². The Morgan fingerprint density at radius 2 is 2.21 bits per heavy atom. The average molecular weight is 194 g/mol. The second-order valence-corrected chi connectivity index (χ2v) is 3.14. The lowest BCUT2D eigenvalue weighted by Crippen LogP contribution is -2.44. The van der Waals surface area contributed by atoms with Crippen LogP contribution in [0.4, 0.5) is 5.95 Å². The third-order valence-corrected chi connectivity index (χ3v) is 2.23. The number of piperazine rings is 1. The molecule has 1 aromatic rings. The summed E-state index contributed by atoms with van der Waals surface area (Å²) >= 11 is 0. The highest BCUT2D eigenvalue weighted by molar-refractivity contribution is 5.32. The van der Waals surface area contributed by atoms with Crippen LogP contribution in [0.25, 0.3) is 0 Å². The maximum absolute atomic E-state index is 5.05. The predicted octanol–water partition coefficient (Wildman–Crippen LogP) is -0.105. The van der Waals surface area contributed by atoms with Crippen molar-refractivity contribution in [2.75, 3.05) is 38.2 Å². The van der Waals surface area contributed by atoms with Crippen LogP contribution in [0.1, 0.15) is 0 Å². The van der Waals surface area contributed by atoms with Crippen molar-refractivity contribution in [1.82, 2.24) is 15.3 Å². The molecule has 2 heterocycles. The molecule has 1 aromatic heterocycles. The first-order valence-corrected chi connectivity index (χ1v) is 4.73. The topological polar surface area (TPSA) is 50.3 Å². The fourth-order valence-corrected chi connectivity index (χ4v) is 1.46. The fourth-order valence-electron chi connectivity index (χ4n) is 1.46. The summed E-state index contributed by atoms with van der Waals surface area (Å²) in [6, 6.07) is 1.76. The summed E-state index contributed by atoms with van der Waals surface area (Å²) in [5.74, 6) is 1.37. The third kappa shape index (κ3) is 1.93. The Hall–Kier alpha value is -1.36. The van der Waals surface area contributed by atoms with Gasteiger partial charge in [-0.05, 0) is 0 Å². The number of methoxy groups -OCH3 is 1. The molecular formula is C9H14N4O. The van der Waals surface area contributed by atoms with Crippen molar-refractivity contribution in [3.8, 4) is 5.88 Å². The molecule has 5 nitrogen and oxygen atoms in total. The van der Waals surface area contributed by atoms with E-state index in [2.05, 4.69) is 20.2 Å². The van der Waals surface area contributed by atoms with Crippen LogP contribution in [0.2, 0.25) is 0 Å². The molecule has 0 spiro atoms. The van der Waals surface area contributed by atoms with Crippen molar-refractivity contribution in [2.24, 2.45) is 0 Å². The van der Waals surface area contributed by atoms with Gasteiger partial charge in [-0.1, -0.05) is 0 Å². The van der Waals surface area contributed by atoms with Crippen molar-refractivity contribution in [3.05, 3.63) is 12.3 Å². The smallest absolute Gasteiger partial charge is 0.228 e. The standard InChI is InChI=1S/C9H14N4O/c1-14-8-2-3-11-9(12-8)13-6-4-10-5-7-13/h2-3,10H,4-7H2,1H3. The molecule has 1 aliphatic rings. The second-order valence-electron chi connectivity index (χ2n) is 3.14. The molecule has 2 rings (SSSR count). The quantitative estimate of drug-likeness (QED) is 0.712. The Morgan fingerprint density at radius 1 is 1.43 bits per heavy atom. The van der Waals surface area contributed by atoms with E-state index in [-0.39, 0.29) is 0 Å². The molecule has 0 aromatic carbocycles. The van der Waals surface area contributed by atoms with Gasteiger partial charge in [-0.25, -0.2) is 4.98 Å². The molecule has 1 N–H and O–H groups in total. The molecule has 0 radical (unpaired) electrons. The van der Waals surface area contributed by atoms with Crippen LogP contribution in [0, 0.1) is 0 Å². The monoisotopic (exact) mass is 194 g/mol. The highest BCUT2D eigenvalue weighted by Gasteiger charge is 2.12. The normalized spacial score (nSPS) is 16.8. The maximum atomic E-state index is 5.05. The molecule has 14 heavy (non-hydrogen) atoms. The Balaban J connectivity index is 2.13. The van der Waals surface area contributed by atoms with Gasteiger partial charge in [0, 0.05) is 38.4 Å². The number of nitrogens with zero attached hydrogens (tertiary/aromatic N) is 3. The minimum atomic E-state index is 0.619. The first-order chi connectivity index (χ1) is 6.90. The molecule has 0 amide bonds. The lowest BCUT2D eigenvalue weighted by atomic mass is 10.4. The molecule has 1 saturated heterocycles. The summed E-state index contributed by atoms with van der Waals surface area (Å²) in [5.41, 5.74) is 0. The van der Waals surface area contributed by atoms with Crippen molar-refractivity contribution in [1.29, 1.82) is 0 Å². The lowest BCUT2D eigenvalue weighted by Gasteiger charge is -2.27. The van der Waals surface area contributed by atoms with Gasteiger partial charge in [0.05, 0.1) is 7.11 Å². The van der Waals surface area contributed by atoms with Gasteiger partial charge in [-0.3, -0.25) is 0 Å².